The van der Waals surface area contributed by atoms with E-state index in [-0.39, 0.29) is 0 Å². The van der Waals surface area contributed by atoms with E-state index in [1.165, 1.54) is 16.7 Å². The summed E-state index contributed by atoms with van der Waals surface area (Å²) in [5.41, 5.74) is 3.50. The van der Waals surface area contributed by atoms with Crippen LogP contribution in [0.25, 0.3) is 0 Å². The van der Waals surface area contributed by atoms with Crippen LogP contribution in [-0.4, -0.2) is 29.1 Å². The molecule has 1 fully saturated rings. The van der Waals surface area contributed by atoms with Crippen molar-refractivity contribution in [3.63, 3.8) is 0 Å². The maximum absolute atomic E-state index is 11.6. The SMILES string of the molecule is CCCC1(C(=O)O)CCN(Cc2cc(C)ccc2C)CC1. The molecular formula is C18H27NO2. The van der Waals surface area contributed by atoms with Crippen molar-refractivity contribution in [3.8, 4) is 0 Å². The van der Waals surface area contributed by atoms with Crippen LogP contribution in [0.4, 0.5) is 0 Å². The van der Waals surface area contributed by atoms with E-state index in [9.17, 15) is 9.90 Å². The highest BCUT2D eigenvalue weighted by atomic mass is 16.4. The number of carbonyl (C=O) groups is 1. The van der Waals surface area contributed by atoms with Gasteiger partial charge in [-0.3, -0.25) is 9.69 Å². The smallest absolute Gasteiger partial charge is 0.309 e. The molecule has 0 unspecified atom stereocenters. The molecule has 0 saturated carbocycles. The highest BCUT2D eigenvalue weighted by Gasteiger charge is 2.40. The minimum atomic E-state index is -0.601. The standard InChI is InChI=1S/C18H27NO2/c1-4-7-18(17(20)21)8-10-19(11-9-18)13-16-12-14(2)5-6-15(16)3/h5-6,12H,4,7-11,13H2,1-3H3,(H,20,21). The molecular weight excluding hydrogens is 262 g/mol. The minimum Gasteiger partial charge on any atom is -0.481 e. The number of rotatable bonds is 5. The number of likely N-dealkylation sites (tertiary alicyclic amines) is 1. The molecule has 0 aromatic heterocycles. The molecule has 3 heteroatoms. The average molecular weight is 289 g/mol. The van der Waals surface area contributed by atoms with Crippen molar-refractivity contribution in [3.05, 3.63) is 34.9 Å². The number of piperidine rings is 1. The second-order valence-corrected chi connectivity index (χ2v) is 6.54. The fraction of sp³-hybridized carbons (Fsp3) is 0.611. The van der Waals surface area contributed by atoms with E-state index in [2.05, 4.69) is 43.9 Å². The van der Waals surface area contributed by atoms with E-state index < -0.39 is 11.4 Å². The van der Waals surface area contributed by atoms with Crippen LogP contribution in [0.1, 0.15) is 49.3 Å². The molecule has 2 rings (SSSR count). The Labute approximate surface area is 128 Å². The molecule has 1 heterocycles. The first kappa shape index (κ1) is 16.0. The lowest BCUT2D eigenvalue weighted by molar-refractivity contribution is -0.152. The van der Waals surface area contributed by atoms with Crippen molar-refractivity contribution < 1.29 is 9.90 Å². The molecule has 1 aromatic carbocycles. The summed E-state index contributed by atoms with van der Waals surface area (Å²) in [6.45, 7) is 9.06. The van der Waals surface area contributed by atoms with Crippen LogP contribution in [0.3, 0.4) is 0 Å². The first-order chi connectivity index (χ1) is 9.97. The first-order valence-electron chi connectivity index (χ1n) is 7.99. The van der Waals surface area contributed by atoms with Crippen LogP contribution in [-0.2, 0) is 11.3 Å². The fourth-order valence-corrected chi connectivity index (χ4v) is 3.40. The van der Waals surface area contributed by atoms with Crippen LogP contribution in [0.5, 0.6) is 0 Å². The zero-order valence-electron chi connectivity index (χ0n) is 13.5. The summed E-state index contributed by atoms with van der Waals surface area (Å²) in [6.07, 6.45) is 3.31. The van der Waals surface area contributed by atoms with Gasteiger partial charge in [0.15, 0.2) is 0 Å². The molecule has 0 amide bonds. The van der Waals surface area contributed by atoms with E-state index in [1.54, 1.807) is 0 Å². The van der Waals surface area contributed by atoms with E-state index in [1.807, 2.05) is 0 Å². The predicted molar refractivity (Wildman–Crippen MR) is 85.4 cm³/mol. The second kappa shape index (κ2) is 6.61. The summed E-state index contributed by atoms with van der Waals surface area (Å²) < 4.78 is 0. The van der Waals surface area contributed by atoms with Gasteiger partial charge in [-0.05, 0) is 57.3 Å². The largest absolute Gasteiger partial charge is 0.481 e. The molecule has 0 atom stereocenters. The normalized spacial score (nSPS) is 18.6. The van der Waals surface area contributed by atoms with Gasteiger partial charge in [0, 0.05) is 6.54 Å². The highest BCUT2D eigenvalue weighted by molar-refractivity contribution is 5.74. The van der Waals surface area contributed by atoms with Crippen LogP contribution >= 0.6 is 0 Å². The van der Waals surface area contributed by atoms with Crippen molar-refractivity contribution in [1.82, 2.24) is 4.90 Å². The molecule has 116 valence electrons. The lowest BCUT2D eigenvalue weighted by Crippen LogP contribution is -2.44. The topological polar surface area (TPSA) is 40.5 Å². The monoisotopic (exact) mass is 289 g/mol. The van der Waals surface area contributed by atoms with Gasteiger partial charge in [-0.2, -0.15) is 0 Å². The zero-order valence-corrected chi connectivity index (χ0v) is 13.5. The fourth-order valence-electron chi connectivity index (χ4n) is 3.40. The molecule has 1 aromatic rings. The van der Waals surface area contributed by atoms with E-state index in [4.69, 9.17) is 0 Å². The number of aryl methyl sites for hydroxylation is 2. The summed E-state index contributed by atoms with van der Waals surface area (Å²) in [5, 5.41) is 9.56. The quantitative estimate of drug-likeness (QED) is 0.897. The van der Waals surface area contributed by atoms with Gasteiger partial charge in [0.05, 0.1) is 5.41 Å². The lowest BCUT2D eigenvalue weighted by Gasteiger charge is -2.39. The number of carboxylic acid groups (broad SMARTS) is 1. The van der Waals surface area contributed by atoms with Crippen molar-refractivity contribution in [1.29, 1.82) is 0 Å². The van der Waals surface area contributed by atoms with Crippen molar-refractivity contribution in [2.24, 2.45) is 5.41 Å². The van der Waals surface area contributed by atoms with Crippen LogP contribution in [0.2, 0.25) is 0 Å². The molecule has 1 aliphatic heterocycles. The zero-order chi connectivity index (χ0) is 15.5. The van der Waals surface area contributed by atoms with Gasteiger partial charge >= 0.3 is 5.97 Å². The minimum absolute atomic E-state index is 0.479. The summed E-state index contributed by atoms with van der Waals surface area (Å²) in [4.78, 5) is 14.0. The molecule has 0 bridgehead atoms. The number of benzene rings is 1. The Balaban J connectivity index is 2.00. The van der Waals surface area contributed by atoms with E-state index in [0.717, 1.165) is 45.3 Å². The van der Waals surface area contributed by atoms with Crippen LogP contribution in [0, 0.1) is 19.3 Å². The summed E-state index contributed by atoms with van der Waals surface area (Å²) in [7, 11) is 0. The Kier molecular flexibility index (Phi) is 5.04. The van der Waals surface area contributed by atoms with Crippen molar-refractivity contribution in [2.75, 3.05) is 13.1 Å². The first-order valence-corrected chi connectivity index (χ1v) is 7.99. The number of hydrogen-bond acceptors (Lipinski definition) is 2. The molecule has 21 heavy (non-hydrogen) atoms. The number of aliphatic carboxylic acids is 1. The summed E-state index contributed by atoms with van der Waals surface area (Å²) in [6, 6.07) is 6.57. The third-order valence-corrected chi connectivity index (χ3v) is 4.89. The number of hydrogen-bond donors (Lipinski definition) is 1. The Morgan fingerprint density at radius 1 is 1.29 bits per heavy atom. The van der Waals surface area contributed by atoms with Crippen molar-refractivity contribution >= 4 is 5.97 Å². The molecule has 0 radical (unpaired) electrons. The number of carboxylic acids is 1. The molecule has 3 nitrogen and oxygen atoms in total. The Morgan fingerprint density at radius 3 is 2.52 bits per heavy atom. The summed E-state index contributed by atoms with van der Waals surface area (Å²) >= 11 is 0. The lowest BCUT2D eigenvalue weighted by atomic mass is 9.75. The highest BCUT2D eigenvalue weighted by Crippen LogP contribution is 2.37. The van der Waals surface area contributed by atoms with Gasteiger partial charge in [-0.25, -0.2) is 0 Å². The second-order valence-electron chi connectivity index (χ2n) is 6.54. The van der Waals surface area contributed by atoms with Gasteiger partial charge in [-0.1, -0.05) is 37.1 Å². The van der Waals surface area contributed by atoms with Gasteiger partial charge < -0.3 is 5.11 Å². The third-order valence-electron chi connectivity index (χ3n) is 4.89. The van der Waals surface area contributed by atoms with Gasteiger partial charge in [0.1, 0.15) is 0 Å². The Hall–Kier alpha value is -1.35. The summed E-state index contributed by atoms with van der Waals surface area (Å²) in [5.74, 6) is -0.601. The Bertz CT molecular complexity index is 502. The van der Waals surface area contributed by atoms with Crippen LogP contribution in [0.15, 0.2) is 18.2 Å². The van der Waals surface area contributed by atoms with E-state index in [0.29, 0.717) is 0 Å². The third kappa shape index (κ3) is 3.65. The van der Waals surface area contributed by atoms with E-state index >= 15 is 0 Å². The van der Waals surface area contributed by atoms with Gasteiger partial charge in [0.25, 0.3) is 0 Å². The van der Waals surface area contributed by atoms with Gasteiger partial charge in [-0.15, -0.1) is 0 Å². The molecule has 1 saturated heterocycles. The molecule has 0 spiro atoms. The maximum Gasteiger partial charge on any atom is 0.309 e. The predicted octanol–water partition coefficient (Wildman–Crippen LogP) is 3.77. The van der Waals surface area contributed by atoms with Gasteiger partial charge in [0.2, 0.25) is 0 Å². The molecule has 0 aliphatic carbocycles. The average Bonchev–Trinajstić information content (AvgIpc) is 2.45. The molecule has 1 N–H and O–H groups in total. The number of nitrogens with zero attached hydrogens (tertiary/aromatic N) is 1. The van der Waals surface area contributed by atoms with Crippen molar-refractivity contribution in [2.45, 2.75) is 53.0 Å². The maximum atomic E-state index is 11.6. The molecule has 1 aliphatic rings. The van der Waals surface area contributed by atoms with Crippen LogP contribution < -0.4 is 0 Å². The Morgan fingerprint density at radius 2 is 1.95 bits per heavy atom.